The predicted octanol–water partition coefficient (Wildman–Crippen LogP) is 10.7. The summed E-state index contributed by atoms with van der Waals surface area (Å²) in [6.45, 7) is 13.6. The smallest absolute Gasteiger partial charge is 0.164 e. The predicted molar refractivity (Wildman–Crippen MR) is 203 cm³/mol. The summed E-state index contributed by atoms with van der Waals surface area (Å²) in [4.78, 5) is 29.0. The lowest BCUT2D eigenvalue weighted by molar-refractivity contribution is 0.569. The van der Waals surface area contributed by atoms with Crippen molar-refractivity contribution in [2.45, 2.75) is 52.4 Å². The van der Waals surface area contributed by atoms with Crippen LogP contribution in [0.15, 0.2) is 134 Å². The molecule has 6 heteroatoms. The maximum Gasteiger partial charge on any atom is 0.164 e. The molecule has 50 heavy (non-hydrogen) atoms. The van der Waals surface area contributed by atoms with E-state index in [1.54, 1.807) is 18.6 Å². The minimum absolute atomic E-state index is 0.0343. The SMILES string of the molecule is CC(C)(C)c1cc(-c2cc(-c3cnc(-c4cccnc4)cn3)cc(-c3nc(-c4ccccc4)nc(-c4ccccc4)n3)c2)cc(C(C)(C)C)c1. The van der Waals surface area contributed by atoms with Gasteiger partial charge in [-0.2, -0.15) is 0 Å². The molecule has 0 aliphatic rings. The molecule has 3 aromatic heterocycles. The highest BCUT2D eigenvalue weighted by Crippen LogP contribution is 2.37. The third-order valence-corrected chi connectivity index (χ3v) is 8.79. The summed E-state index contributed by atoms with van der Waals surface area (Å²) in [5, 5.41) is 0. The number of benzene rings is 4. The molecule has 0 N–H and O–H groups in total. The van der Waals surface area contributed by atoms with Crippen molar-refractivity contribution in [3.8, 4) is 67.8 Å². The third-order valence-electron chi connectivity index (χ3n) is 8.79. The van der Waals surface area contributed by atoms with Gasteiger partial charge in [0.15, 0.2) is 17.5 Å². The Bertz CT molecular complexity index is 2160. The number of rotatable bonds is 6. The van der Waals surface area contributed by atoms with Crippen LogP contribution in [0.3, 0.4) is 0 Å². The summed E-state index contributed by atoms with van der Waals surface area (Å²) >= 11 is 0. The normalized spacial score (nSPS) is 11.8. The van der Waals surface area contributed by atoms with Gasteiger partial charge in [-0.3, -0.25) is 15.0 Å². The van der Waals surface area contributed by atoms with Crippen molar-refractivity contribution in [2.24, 2.45) is 0 Å². The van der Waals surface area contributed by atoms with Crippen LogP contribution in [0, 0.1) is 0 Å². The van der Waals surface area contributed by atoms with E-state index >= 15 is 0 Å². The zero-order chi connectivity index (χ0) is 34.9. The molecule has 6 nitrogen and oxygen atoms in total. The number of pyridine rings is 1. The summed E-state index contributed by atoms with van der Waals surface area (Å²) in [5.41, 5.74) is 10.8. The van der Waals surface area contributed by atoms with Gasteiger partial charge in [0.1, 0.15) is 0 Å². The van der Waals surface area contributed by atoms with E-state index in [0.717, 1.165) is 50.3 Å². The molecular formula is C44H40N6. The number of aromatic nitrogens is 6. The molecule has 0 radical (unpaired) electrons. The number of hydrogen-bond donors (Lipinski definition) is 0. The second kappa shape index (κ2) is 13.2. The number of nitrogens with zero attached hydrogens (tertiary/aromatic N) is 6. The van der Waals surface area contributed by atoms with E-state index in [4.69, 9.17) is 24.9 Å². The van der Waals surface area contributed by atoms with Crippen molar-refractivity contribution in [2.75, 3.05) is 0 Å². The molecule has 0 unspecified atom stereocenters. The molecule has 7 aromatic rings. The average Bonchev–Trinajstić information content (AvgIpc) is 3.15. The zero-order valence-electron chi connectivity index (χ0n) is 29.4. The first kappa shape index (κ1) is 32.7. The minimum atomic E-state index is -0.0343. The van der Waals surface area contributed by atoms with Gasteiger partial charge in [-0.25, -0.2) is 15.0 Å². The monoisotopic (exact) mass is 652 g/mol. The van der Waals surface area contributed by atoms with Crippen LogP contribution in [-0.4, -0.2) is 29.9 Å². The molecule has 4 aromatic carbocycles. The molecule has 0 fully saturated rings. The first-order valence-corrected chi connectivity index (χ1v) is 16.9. The summed E-state index contributed by atoms with van der Waals surface area (Å²) in [5.74, 6) is 1.82. The second-order valence-electron chi connectivity index (χ2n) is 14.7. The van der Waals surface area contributed by atoms with E-state index in [9.17, 15) is 0 Å². The molecule has 0 saturated heterocycles. The van der Waals surface area contributed by atoms with E-state index in [-0.39, 0.29) is 10.8 Å². The first-order chi connectivity index (χ1) is 24.0. The lowest BCUT2D eigenvalue weighted by Gasteiger charge is -2.26. The largest absolute Gasteiger partial charge is 0.264 e. The van der Waals surface area contributed by atoms with Crippen LogP contribution in [0.25, 0.3) is 67.8 Å². The van der Waals surface area contributed by atoms with Gasteiger partial charge in [0.2, 0.25) is 0 Å². The van der Waals surface area contributed by atoms with Gasteiger partial charge in [0, 0.05) is 40.2 Å². The van der Waals surface area contributed by atoms with E-state index in [1.807, 2.05) is 79.0 Å². The molecule has 0 aliphatic heterocycles. The Kier molecular flexibility index (Phi) is 8.62. The zero-order valence-corrected chi connectivity index (χ0v) is 29.4. The van der Waals surface area contributed by atoms with Crippen LogP contribution in [0.4, 0.5) is 0 Å². The van der Waals surface area contributed by atoms with E-state index < -0.39 is 0 Å². The molecule has 0 aliphatic carbocycles. The fourth-order valence-electron chi connectivity index (χ4n) is 5.81. The fourth-order valence-corrected chi connectivity index (χ4v) is 5.81. The van der Waals surface area contributed by atoms with Crippen LogP contribution in [0.5, 0.6) is 0 Å². The highest BCUT2D eigenvalue weighted by molar-refractivity contribution is 5.80. The lowest BCUT2D eigenvalue weighted by Crippen LogP contribution is -2.16. The quantitative estimate of drug-likeness (QED) is 0.178. The standard InChI is InChI=1S/C44H40N6/c1-43(2,3)36-23-33(24-37(25-36)44(4,5)6)32-20-34(39-28-46-38(27-47-39)31-18-13-19-45-26-31)22-35(21-32)42-49-40(29-14-9-7-10-15-29)48-41(50-42)30-16-11-8-12-17-30/h7-28H,1-6H3. The molecule has 246 valence electrons. The molecular weight excluding hydrogens is 613 g/mol. The first-order valence-electron chi connectivity index (χ1n) is 16.9. The highest BCUT2D eigenvalue weighted by atomic mass is 15.0. The van der Waals surface area contributed by atoms with Crippen LogP contribution >= 0.6 is 0 Å². The third kappa shape index (κ3) is 7.10. The van der Waals surface area contributed by atoms with Crippen molar-refractivity contribution >= 4 is 0 Å². The number of hydrogen-bond acceptors (Lipinski definition) is 6. The molecule has 0 spiro atoms. The van der Waals surface area contributed by atoms with Crippen LogP contribution in [0.1, 0.15) is 52.7 Å². The maximum atomic E-state index is 5.07. The van der Waals surface area contributed by atoms with Crippen molar-refractivity contribution < 1.29 is 0 Å². The van der Waals surface area contributed by atoms with Gasteiger partial charge in [-0.05, 0) is 63.4 Å². The van der Waals surface area contributed by atoms with Crippen LogP contribution in [0.2, 0.25) is 0 Å². The van der Waals surface area contributed by atoms with Crippen molar-refractivity contribution in [3.63, 3.8) is 0 Å². The van der Waals surface area contributed by atoms with E-state index in [0.29, 0.717) is 17.5 Å². The Morgan fingerprint density at radius 3 is 1.30 bits per heavy atom. The van der Waals surface area contributed by atoms with Crippen LogP contribution < -0.4 is 0 Å². The van der Waals surface area contributed by atoms with E-state index in [1.165, 1.54) is 11.1 Å². The Labute approximate surface area is 294 Å². The fraction of sp³-hybridized carbons (Fsp3) is 0.182. The molecule has 0 saturated carbocycles. The summed E-state index contributed by atoms with van der Waals surface area (Å²) < 4.78 is 0. The van der Waals surface area contributed by atoms with Gasteiger partial charge >= 0.3 is 0 Å². The second-order valence-corrected chi connectivity index (χ2v) is 14.7. The molecule has 0 bridgehead atoms. The van der Waals surface area contributed by atoms with Crippen LogP contribution in [-0.2, 0) is 10.8 Å². The highest BCUT2D eigenvalue weighted by Gasteiger charge is 2.22. The summed E-state index contributed by atoms with van der Waals surface area (Å²) in [6, 6.07) is 37.5. The Balaban J connectivity index is 1.46. The minimum Gasteiger partial charge on any atom is -0.264 e. The molecule has 0 amide bonds. The molecule has 3 heterocycles. The van der Waals surface area contributed by atoms with Gasteiger partial charge in [0.25, 0.3) is 0 Å². The molecule has 0 atom stereocenters. The summed E-state index contributed by atoms with van der Waals surface area (Å²) in [7, 11) is 0. The molecule has 7 rings (SSSR count). The van der Waals surface area contributed by atoms with Crippen molar-refractivity contribution in [1.82, 2.24) is 29.9 Å². The van der Waals surface area contributed by atoms with Crippen molar-refractivity contribution in [1.29, 1.82) is 0 Å². The Hall–Kier alpha value is -5.88. The maximum absolute atomic E-state index is 5.07. The van der Waals surface area contributed by atoms with Gasteiger partial charge in [-0.1, -0.05) is 120 Å². The Morgan fingerprint density at radius 2 is 0.820 bits per heavy atom. The average molecular weight is 653 g/mol. The van der Waals surface area contributed by atoms with E-state index in [2.05, 4.69) is 82.9 Å². The van der Waals surface area contributed by atoms with Gasteiger partial charge in [-0.15, -0.1) is 0 Å². The van der Waals surface area contributed by atoms with Gasteiger partial charge in [0.05, 0.1) is 23.8 Å². The van der Waals surface area contributed by atoms with Gasteiger partial charge < -0.3 is 0 Å². The summed E-state index contributed by atoms with van der Waals surface area (Å²) in [6.07, 6.45) is 7.19. The Morgan fingerprint density at radius 1 is 0.380 bits per heavy atom. The lowest BCUT2D eigenvalue weighted by atomic mass is 9.78. The van der Waals surface area contributed by atoms with Crippen molar-refractivity contribution in [3.05, 3.63) is 145 Å². The topological polar surface area (TPSA) is 77.3 Å².